The summed E-state index contributed by atoms with van der Waals surface area (Å²) in [5.41, 5.74) is 1.09. The van der Waals surface area contributed by atoms with Crippen LogP contribution in [0, 0.1) is 5.82 Å². The predicted octanol–water partition coefficient (Wildman–Crippen LogP) is 3.17. The van der Waals surface area contributed by atoms with Crippen molar-refractivity contribution in [3.63, 3.8) is 0 Å². The molecule has 6 nitrogen and oxygen atoms in total. The number of imidazole rings is 1. The minimum absolute atomic E-state index is 0.00800. The van der Waals surface area contributed by atoms with Crippen molar-refractivity contribution in [3.05, 3.63) is 72.5 Å². The summed E-state index contributed by atoms with van der Waals surface area (Å²) >= 11 is 0. The molecule has 27 heavy (non-hydrogen) atoms. The lowest BCUT2D eigenvalue weighted by Gasteiger charge is -2.26. The second-order valence-electron chi connectivity index (χ2n) is 6.61. The molecule has 1 fully saturated rings. The summed E-state index contributed by atoms with van der Waals surface area (Å²) < 4.78 is 20.4. The second-order valence-corrected chi connectivity index (χ2v) is 6.61. The van der Waals surface area contributed by atoms with Crippen molar-refractivity contribution in [1.82, 2.24) is 19.8 Å². The van der Waals surface area contributed by atoms with Crippen LogP contribution in [0.5, 0.6) is 0 Å². The molecule has 1 aliphatic heterocycles. The Morgan fingerprint density at radius 3 is 2.70 bits per heavy atom. The average Bonchev–Trinajstić information content (AvgIpc) is 3.44. The van der Waals surface area contributed by atoms with E-state index in [-0.39, 0.29) is 17.8 Å². The van der Waals surface area contributed by atoms with Gasteiger partial charge in [-0.2, -0.15) is 0 Å². The zero-order valence-electron chi connectivity index (χ0n) is 14.8. The summed E-state index contributed by atoms with van der Waals surface area (Å²) in [6, 6.07) is 9.76. The average molecular weight is 368 g/mol. The minimum atomic E-state index is -0.322. The van der Waals surface area contributed by atoms with E-state index in [0.29, 0.717) is 17.9 Å². The fraction of sp³-hybridized carbons (Fsp3) is 0.300. The molecular formula is C20H21FN4O2. The van der Waals surface area contributed by atoms with Gasteiger partial charge in [0.2, 0.25) is 0 Å². The molecule has 1 atom stereocenters. The van der Waals surface area contributed by atoms with Gasteiger partial charge in [-0.05, 0) is 62.3 Å². The van der Waals surface area contributed by atoms with Gasteiger partial charge in [-0.15, -0.1) is 0 Å². The highest BCUT2D eigenvalue weighted by Crippen LogP contribution is 2.25. The minimum Gasteiger partial charge on any atom is -0.468 e. The Hall–Kier alpha value is -2.93. The third kappa shape index (κ3) is 3.78. The molecule has 140 valence electrons. The van der Waals surface area contributed by atoms with Gasteiger partial charge in [-0.3, -0.25) is 14.3 Å². The van der Waals surface area contributed by atoms with Crippen molar-refractivity contribution in [2.75, 3.05) is 19.6 Å². The number of amides is 1. The van der Waals surface area contributed by atoms with E-state index in [4.69, 9.17) is 4.42 Å². The molecule has 0 radical (unpaired) electrons. The van der Waals surface area contributed by atoms with E-state index in [9.17, 15) is 9.18 Å². The maximum atomic E-state index is 13.2. The van der Waals surface area contributed by atoms with Gasteiger partial charge < -0.3 is 9.73 Å². The standard InChI is InChI=1S/C20H21FN4O2/c21-15-5-7-16(8-6-15)25-14-22-12-18(25)20(26)23-13-17(19-4-3-11-27-19)24-9-1-2-10-24/h3-8,11-12,14,17H,1-2,9-10,13H2,(H,23,26). The first kappa shape index (κ1) is 17.5. The van der Waals surface area contributed by atoms with E-state index in [0.717, 1.165) is 31.7 Å². The molecule has 3 heterocycles. The zero-order chi connectivity index (χ0) is 18.6. The molecule has 7 heteroatoms. The number of nitrogens with one attached hydrogen (secondary N) is 1. The predicted molar refractivity (Wildman–Crippen MR) is 98.1 cm³/mol. The number of carbonyl (C=O) groups excluding carboxylic acids is 1. The summed E-state index contributed by atoms with van der Waals surface area (Å²) in [6.07, 6.45) is 7.03. The molecule has 0 bridgehead atoms. The summed E-state index contributed by atoms with van der Waals surface area (Å²) in [6.45, 7) is 2.43. The third-order valence-electron chi connectivity index (χ3n) is 4.88. The zero-order valence-corrected chi connectivity index (χ0v) is 14.8. The Bertz CT molecular complexity index is 883. The SMILES string of the molecule is O=C(NCC(c1ccco1)N1CCCC1)c1cncn1-c1ccc(F)cc1. The van der Waals surface area contributed by atoms with Gasteiger partial charge in [0.15, 0.2) is 0 Å². The molecule has 1 aromatic carbocycles. The number of rotatable bonds is 6. The van der Waals surface area contributed by atoms with Crippen molar-refractivity contribution in [1.29, 1.82) is 0 Å². The van der Waals surface area contributed by atoms with Crippen LogP contribution in [0.25, 0.3) is 5.69 Å². The number of nitrogens with zero attached hydrogens (tertiary/aromatic N) is 3. The smallest absolute Gasteiger partial charge is 0.269 e. The van der Waals surface area contributed by atoms with Crippen LogP contribution in [-0.4, -0.2) is 40.0 Å². The Morgan fingerprint density at radius 1 is 1.22 bits per heavy atom. The molecule has 0 saturated carbocycles. The summed E-state index contributed by atoms with van der Waals surface area (Å²) in [7, 11) is 0. The van der Waals surface area contributed by atoms with Gasteiger partial charge in [0.1, 0.15) is 17.3 Å². The van der Waals surface area contributed by atoms with Gasteiger partial charge in [-0.1, -0.05) is 0 Å². The van der Waals surface area contributed by atoms with Crippen LogP contribution in [0.1, 0.15) is 35.1 Å². The molecular weight excluding hydrogens is 347 g/mol. The highest BCUT2D eigenvalue weighted by Gasteiger charge is 2.26. The van der Waals surface area contributed by atoms with Crippen LogP contribution in [-0.2, 0) is 0 Å². The number of hydrogen-bond donors (Lipinski definition) is 1. The monoisotopic (exact) mass is 368 g/mol. The van der Waals surface area contributed by atoms with Crippen LogP contribution in [0.15, 0.2) is 59.6 Å². The van der Waals surface area contributed by atoms with Gasteiger partial charge in [0.05, 0.1) is 24.8 Å². The van der Waals surface area contributed by atoms with Crippen LogP contribution >= 0.6 is 0 Å². The Labute approximate surface area is 156 Å². The van der Waals surface area contributed by atoms with E-state index in [1.807, 2.05) is 12.1 Å². The fourth-order valence-electron chi connectivity index (χ4n) is 3.49. The topological polar surface area (TPSA) is 63.3 Å². The maximum Gasteiger partial charge on any atom is 0.269 e. The molecule has 1 amide bonds. The fourth-order valence-corrected chi connectivity index (χ4v) is 3.49. The first-order valence-corrected chi connectivity index (χ1v) is 9.06. The van der Waals surface area contributed by atoms with Crippen molar-refractivity contribution in [2.45, 2.75) is 18.9 Å². The van der Waals surface area contributed by atoms with Crippen molar-refractivity contribution in [3.8, 4) is 5.69 Å². The number of hydrogen-bond acceptors (Lipinski definition) is 4. The van der Waals surface area contributed by atoms with Crippen LogP contribution in [0.3, 0.4) is 0 Å². The lowest BCUT2D eigenvalue weighted by Crippen LogP contribution is -2.37. The number of carbonyl (C=O) groups is 1. The lowest BCUT2D eigenvalue weighted by molar-refractivity contribution is 0.0927. The van der Waals surface area contributed by atoms with Crippen LogP contribution in [0.4, 0.5) is 4.39 Å². The maximum absolute atomic E-state index is 13.2. The molecule has 3 aromatic rings. The summed E-state index contributed by atoms with van der Waals surface area (Å²) in [4.78, 5) is 19.2. The van der Waals surface area contributed by atoms with Crippen molar-refractivity contribution >= 4 is 5.91 Å². The summed E-state index contributed by atoms with van der Waals surface area (Å²) in [5, 5.41) is 3.00. The van der Waals surface area contributed by atoms with E-state index < -0.39 is 0 Å². The normalized spacial score (nSPS) is 15.7. The van der Waals surface area contributed by atoms with Gasteiger partial charge >= 0.3 is 0 Å². The first-order chi connectivity index (χ1) is 13.2. The quantitative estimate of drug-likeness (QED) is 0.726. The number of aromatic nitrogens is 2. The first-order valence-electron chi connectivity index (χ1n) is 9.06. The van der Waals surface area contributed by atoms with Crippen molar-refractivity contribution in [2.24, 2.45) is 0 Å². The van der Waals surface area contributed by atoms with Gasteiger partial charge in [0.25, 0.3) is 5.91 Å². The molecule has 1 aliphatic rings. The lowest BCUT2D eigenvalue weighted by atomic mass is 10.2. The summed E-state index contributed by atoms with van der Waals surface area (Å²) in [5.74, 6) is 0.300. The molecule has 2 aromatic heterocycles. The molecule has 4 rings (SSSR count). The molecule has 0 spiro atoms. The Kier molecular flexibility index (Phi) is 5.02. The van der Waals surface area contributed by atoms with Gasteiger partial charge in [-0.25, -0.2) is 9.37 Å². The Balaban J connectivity index is 1.49. The van der Waals surface area contributed by atoms with Crippen LogP contribution < -0.4 is 5.32 Å². The second kappa shape index (κ2) is 7.75. The molecule has 1 unspecified atom stereocenters. The van der Waals surface area contributed by atoms with Crippen molar-refractivity contribution < 1.29 is 13.6 Å². The highest BCUT2D eigenvalue weighted by atomic mass is 19.1. The molecule has 1 saturated heterocycles. The number of benzene rings is 1. The highest BCUT2D eigenvalue weighted by molar-refractivity contribution is 5.93. The van der Waals surface area contributed by atoms with Crippen LogP contribution in [0.2, 0.25) is 0 Å². The Morgan fingerprint density at radius 2 is 2.00 bits per heavy atom. The van der Waals surface area contributed by atoms with Gasteiger partial charge in [0, 0.05) is 12.2 Å². The molecule has 0 aliphatic carbocycles. The number of halogens is 1. The van der Waals surface area contributed by atoms with E-state index in [1.54, 1.807) is 29.3 Å². The van der Waals surface area contributed by atoms with E-state index in [2.05, 4.69) is 15.2 Å². The van der Waals surface area contributed by atoms with E-state index in [1.165, 1.54) is 18.3 Å². The number of likely N-dealkylation sites (tertiary alicyclic amines) is 1. The third-order valence-corrected chi connectivity index (χ3v) is 4.88. The van der Waals surface area contributed by atoms with E-state index >= 15 is 0 Å². The largest absolute Gasteiger partial charge is 0.468 e. The molecule has 1 N–H and O–H groups in total. The number of furan rings is 1.